The lowest BCUT2D eigenvalue weighted by molar-refractivity contribution is 0.0599. The zero-order chi connectivity index (χ0) is 10.9. The molecule has 0 N–H and O–H groups in total. The van der Waals surface area contributed by atoms with Crippen LogP contribution >= 0.6 is 31.9 Å². The molecule has 1 aromatic rings. The van der Waals surface area contributed by atoms with E-state index in [0.29, 0.717) is 0 Å². The molecule has 0 saturated heterocycles. The quantitative estimate of drug-likeness (QED) is 0.590. The summed E-state index contributed by atoms with van der Waals surface area (Å²) < 4.78 is 19.8. The van der Waals surface area contributed by atoms with Crippen molar-refractivity contribution in [1.29, 1.82) is 0 Å². The largest absolute Gasteiger partial charge is 0.465 e. The second kappa shape index (κ2) is 4.00. The number of ether oxygens (including phenoxy) is 1. The van der Waals surface area contributed by atoms with E-state index in [1.54, 1.807) is 0 Å². The number of carbonyl (C=O) groups is 1. The molecule has 0 aliphatic heterocycles. The minimum atomic E-state index is -0.685. The molecule has 1 rings (SSSR count). The van der Waals surface area contributed by atoms with Crippen molar-refractivity contribution in [1.82, 2.24) is 4.98 Å². The van der Waals surface area contributed by atoms with Gasteiger partial charge in [-0.05, 0) is 37.9 Å². The highest BCUT2D eigenvalue weighted by Crippen LogP contribution is 2.19. The summed E-state index contributed by atoms with van der Waals surface area (Å²) >= 11 is 6.05. The fourth-order valence-electron chi connectivity index (χ4n) is 0.572. The molecular formula is C7H5Br2NO2. The van der Waals surface area contributed by atoms with Gasteiger partial charge in [0.05, 0.1) is 15.4 Å². The maximum atomic E-state index is 11.2. The van der Waals surface area contributed by atoms with Gasteiger partial charge < -0.3 is 4.74 Å². The van der Waals surface area contributed by atoms with Crippen molar-refractivity contribution in [2.45, 2.75) is 0 Å². The second-order valence-electron chi connectivity index (χ2n) is 1.82. The number of nitrogens with zero attached hydrogens (tertiary/aromatic N) is 1. The molecule has 0 radical (unpaired) electrons. The molecule has 5 heteroatoms. The highest BCUT2D eigenvalue weighted by molar-refractivity contribution is 9.11. The fourth-order valence-corrected chi connectivity index (χ4v) is 1.56. The summed E-state index contributed by atoms with van der Waals surface area (Å²) in [6.45, 7) is 0. The van der Waals surface area contributed by atoms with Crippen molar-refractivity contribution in [2.24, 2.45) is 0 Å². The third-order valence-corrected chi connectivity index (χ3v) is 2.06. The molecule has 0 aromatic carbocycles. The van der Waals surface area contributed by atoms with E-state index < -0.39 is 5.97 Å². The molecule has 0 saturated carbocycles. The Morgan fingerprint density at radius 3 is 3.00 bits per heavy atom. The number of rotatable bonds is 1. The highest BCUT2D eigenvalue weighted by atomic mass is 79.9. The third-order valence-electron chi connectivity index (χ3n) is 1.09. The number of halogens is 2. The van der Waals surface area contributed by atoms with Gasteiger partial charge in [-0.25, -0.2) is 9.78 Å². The van der Waals surface area contributed by atoms with Crippen molar-refractivity contribution in [3.63, 3.8) is 0 Å². The first-order valence-electron chi connectivity index (χ1n) is 3.89. The number of methoxy groups -OCH3 is 1. The maximum absolute atomic E-state index is 11.2. The van der Waals surface area contributed by atoms with Gasteiger partial charge in [-0.2, -0.15) is 0 Å². The predicted molar refractivity (Wildman–Crippen MR) is 51.0 cm³/mol. The van der Waals surface area contributed by atoms with Crippen LogP contribution < -0.4 is 0 Å². The molecule has 0 aliphatic carbocycles. The van der Waals surface area contributed by atoms with Crippen LogP contribution in [0.3, 0.4) is 0 Å². The van der Waals surface area contributed by atoms with E-state index in [-0.39, 0.29) is 26.9 Å². The Balaban J connectivity index is 3.44. The molecule has 0 spiro atoms. The van der Waals surface area contributed by atoms with Gasteiger partial charge in [-0.15, -0.1) is 0 Å². The number of hydrogen-bond donors (Lipinski definition) is 0. The van der Waals surface area contributed by atoms with Gasteiger partial charge in [0.15, 0.2) is 0 Å². The van der Waals surface area contributed by atoms with Crippen LogP contribution in [-0.4, -0.2) is 18.1 Å². The van der Waals surface area contributed by atoms with E-state index in [4.69, 9.17) is 2.74 Å². The summed E-state index contributed by atoms with van der Waals surface area (Å²) in [5.74, 6) is -0.685. The standard InChI is InChI=1S/C7H5Br2NO2/c1-12-7(11)4-3-10-6(9)2-5(4)8/h2-3H,1H3/i2D,3D. The Bertz CT molecular complexity index is 398. The van der Waals surface area contributed by atoms with E-state index in [1.165, 1.54) is 7.11 Å². The zero-order valence-electron chi connectivity index (χ0n) is 8.02. The molecule has 0 bridgehead atoms. The Morgan fingerprint density at radius 1 is 1.75 bits per heavy atom. The first-order chi connectivity index (χ1) is 6.49. The van der Waals surface area contributed by atoms with Crippen LogP contribution in [-0.2, 0) is 4.74 Å². The third kappa shape index (κ3) is 2.04. The van der Waals surface area contributed by atoms with Crippen LogP contribution in [0.1, 0.15) is 13.1 Å². The summed E-state index contributed by atoms with van der Waals surface area (Å²) in [6.07, 6.45) is -0.230. The van der Waals surface area contributed by atoms with Gasteiger partial charge in [-0.3, -0.25) is 0 Å². The molecule has 1 heterocycles. The Kier molecular flexibility index (Phi) is 2.34. The van der Waals surface area contributed by atoms with Gasteiger partial charge in [-0.1, -0.05) is 0 Å². The lowest BCUT2D eigenvalue weighted by atomic mass is 10.3. The average molecular weight is 297 g/mol. The Hall–Kier alpha value is -0.420. The van der Waals surface area contributed by atoms with Crippen LogP contribution in [0.15, 0.2) is 21.3 Å². The SMILES string of the molecule is [2H]c1nc(Br)c([2H])c(Br)c1C(=O)OC. The van der Waals surface area contributed by atoms with Crippen LogP contribution in [0.4, 0.5) is 0 Å². The lowest BCUT2D eigenvalue weighted by Gasteiger charge is -2.00. The van der Waals surface area contributed by atoms with Crippen molar-refractivity contribution in [3.05, 3.63) is 26.9 Å². The Morgan fingerprint density at radius 2 is 2.42 bits per heavy atom. The zero-order valence-corrected chi connectivity index (χ0v) is 9.19. The van der Waals surface area contributed by atoms with Crippen LogP contribution in [0.25, 0.3) is 0 Å². The van der Waals surface area contributed by atoms with Gasteiger partial charge >= 0.3 is 5.97 Å². The monoisotopic (exact) mass is 295 g/mol. The smallest absolute Gasteiger partial charge is 0.340 e. The number of aromatic nitrogens is 1. The number of carbonyl (C=O) groups excluding carboxylic acids is 1. The van der Waals surface area contributed by atoms with Gasteiger partial charge in [0.2, 0.25) is 0 Å². The van der Waals surface area contributed by atoms with E-state index >= 15 is 0 Å². The fraction of sp³-hybridized carbons (Fsp3) is 0.143. The number of pyridine rings is 1. The van der Waals surface area contributed by atoms with Crippen molar-refractivity contribution >= 4 is 37.8 Å². The first-order valence-corrected chi connectivity index (χ1v) is 4.48. The normalized spacial score (nSPS) is 11.9. The molecule has 12 heavy (non-hydrogen) atoms. The molecule has 0 aliphatic rings. The van der Waals surface area contributed by atoms with Crippen molar-refractivity contribution < 1.29 is 12.3 Å². The highest BCUT2D eigenvalue weighted by Gasteiger charge is 2.10. The molecule has 0 amide bonds. The van der Waals surface area contributed by atoms with E-state index in [0.717, 1.165) is 0 Å². The molecule has 3 nitrogen and oxygen atoms in total. The van der Waals surface area contributed by atoms with E-state index in [9.17, 15) is 4.79 Å². The van der Waals surface area contributed by atoms with Crippen molar-refractivity contribution in [2.75, 3.05) is 7.11 Å². The van der Waals surface area contributed by atoms with Gasteiger partial charge in [0.25, 0.3) is 0 Å². The minimum absolute atomic E-state index is 0.0152. The molecule has 0 unspecified atom stereocenters. The lowest BCUT2D eigenvalue weighted by Crippen LogP contribution is -2.02. The first kappa shape index (κ1) is 7.03. The summed E-state index contributed by atoms with van der Waals surface area (Å²) in [4.78, 5) is 14.9. The number of esters is 1. The molecule has 0 atom stereocenters. The van der Waals surface area contributed by atoms with E-state index in [1.807, 2.05) is 0 Å². The van der Waals surface area contributed by atoms with Gasteiger partial charge in [0, 0.05) is 10.6 Å². The Labute approximate surface area is 89.2 Å². The minimum Gasteiger partial charge on any atom is -0.465 e. The average Bonchev–Trinajstić information content (AvgIpc) is 2.14. The molecule has 1 aromatic heterocycles. The molecule has 0 fully saturated rings. The molecular weight excluding hydrogens is 290 g/mol. The topological polar surface area (TPSA) is 39.2 Å². The molecule has 64 valence electrons. The van der Waals surface area contributed by atoms with Crippen LogP contribution in [0.5, 0.6) is 0 Å². The van der Waals surface area contributed by atoms with Crippen molar-refractivity contribution in [3.8, 4) is 0 Å². The predicted octanol–water partition coefficient (Wildman–Crippen LogP) is 2.39. The second-order valence-corrected chi connectivity index (χ2v) is 3.36. The summed E-state index contributed by atoms with van der Waals surface area (Å²) in [6, 6.07) is 0.0152. The number of hydrogen-bond acceptors (Lipinski definition) is 3. The van der Waals surface area contributed by atoms with Gasteiger partial charge in [0.1, 0.15) is 4.60 Å². The van der Waals surface area contributed by atoms with E-state index in [2.05, 4.69) is 41.6 Å². The van der Waals surface area contributed by atoms with Crippen LogP contribution in [0, 0.1) is 0 Å². The maximum Gasteiger partial charge on any atom is 0.340 e. The summed E-state index contributed by atoms with van der Waals surface area (Å²) in [5, 5.41) is 0. The summed E-state index contributed by atoms with van der Waals surface area (Å²) in [7, 11) is 1.21. The van der Waals surface area contributed by atoms with Crippen LogP contribution in [0.2, 0.25) is 0 Å². The summed E-state index contributed by atoms with van der Waals surface area (Å²) in [5.41, 5.74) is -0.0410.